The van der Waals surface area contributed by atoms with Crippen LogP contribution in [-0.4, -0.2) is 18.9 Å². The van der Waals surface area contributed by atoms with Crippen molar-refractivity contribution in [3.05, 3.63) is 65.7 Å². The Morgan fingerprint density at radius 3 is 2.08 bits per heavy atom. The van der Waals surface area contributed by atoms with Gasteiger partial charge in [-0.2, -0.15) is 0 Å². The molecule has 0 saturated carbocycles. The average Bonchev–Trinajstić information content (AvgIpc) is 2.60. The topological polar surface area (TPSA) is 72.6 Å². The van der Waals surface area contributed by atoms with E-state index < -0.39 is 0 Å². The van der Waals surface area contributed by atoms with E-state index in [1.165, 1.54) is 7.11 Å². The number of methoxy groups -OCH3 is 1. The van der Waals surface area contributed by atoms with Crippen LogP contribution in [0.15, 0.2) is 54.6 Å². The van der Waals surface area contributed by atoms with E-state index in [4.69, 9.17) is 10.5 Å². The zero-order chi connectivity index (χ0) is 16.8. The molecule has 2 N–H and O–H groups in total. The molecule has 3 aromatic rings. The maximum atomic E-state index is 12.9. The molecule has 0 aromatic heterocycles. The first-order chi connectivity index (χ1) is 11.6. The molecule has 0 fully saturated rings. The molecule has 1 heterocycles. The predicted molar refractivity (Wildman–Crippen MR) is 92.5 cm³/mol. The molecule has 1 aliphatic rings. The zero-order valence-electron chi connectivity index (χ0n) is 12.9. The second-order valence-corrected chi connectivity index (χ2v) is 5.58. The lowest BCUT2D eigenvalue weighted by atomic mass is 9.93. The summed E-state index contributed by atoms with van der Waals surface area (Å²) in [5.41, 5.74) is 7.71. The normalized spacial score (nSPS) is 13.5. The fourth-order valence-corrected chi connectivity index (χ4v) is 3.11. The van der Waals surface area contributed by atoms with Gasteiger partial charge in [0.15, 0.2) is 0 Å². The number of hydrogen-bond acceptors (Lipinski definition) is 4. The first kappa shape index (κ1) is 14.3. The number of ether oxygens (including phenoxy) is 1. The molecule has 5 heteroatoms. The first-order valence-electron chi connectivity index (χ1n) is 7.46. The SMILES string of the molecule is COc1ccc(N2C(=O)c3cccc4cccc(c34)C2=O)c(N)c1. The van der Waals surface area contributed by atoms with Crippen LogP contribution >= 0.6 is 0 Å². The van der Waals surface area contributed by atoms with Gasteiger partial charge in [-0.3, -0.25) is 9.59 Å². The molecule has 0 saturated heterocycles. The molecule has 24 heavy (non-hydrogen) atoms. The standard InChI is InChI=1S/C19H14N2O3/c1-24-12-8-9-16(15(20)10-12)21-18(22)13-6-2-4-11-5-3-7-14(17(11)13)19(21)23/h2-10H,20H2,1H3. The summed E-state index contributed by atoms with van der Waals surface area (Å²) in [6.07, 6.45) is 0. The van der Waals surface area contributed by atoms with E-state index in [1.807, 2.05) is 24.3 Å². The van der Waals surface area contributed by atoms with Crippen LogP contribution in [-0.2, 0) is 0 Å². The zero-order valence-corrected chi connectivity index (χ0v) is 12.9. The smallest absolute Gasteiger partial charge is 0.266 e. The fourth-order valence-electron chi connectivity index (χ4n) is 3.11. The van der Waals surface area contributed by atoms with Crippen molar-refractivity contribution in [1.29, 1.82) is 0 Å². The predicted octanol–water partition coefficient (Wildman–Crippen LogP) is 3.23. The van der Waals surface area contributed by atoms with E-state index in [2.05, 4.69) is 0 Å². The maximum absolute atomic E-state index is 12.9. The Bertz CT molecular complexity index is 960. The first-order valence-corrected chi connectivity index (χ1v) is 7.46. The van der Waals surface area contributed by atoms with Crippen LogP contribution < -0.4 is 15.4 Å². The number of rotatable bonds is 2. The minimum Gasteiger partial charge on any atom is -0.497 e. The highest BCUT2D eigenvalue weighted by molar-refractivity contribution is 6.36. The van der Waals surface area contributed by atoms with E-state index in [1.54, 1.807) is 30.3 Å². The number of anilines is 2. The summed E-state index contributed by atoms with van der Waals surface area (Å²) in [5.74, 6) is -0.182. The molecule has 3 aromatic carbocycles. The molecule has 1 aliphatic heterocycles. The van der Waals surface area contributed by atoms with Gasteiger partial charge < -0.3 is 10.5 Å². The summed E-state index contributed by atoms with van der Waals surface area (Å²) in [4.78, 5) is 27.0. The second kappa shape index (κ2) is 5.09. The Kier molecular flexibility index (Phi) is 3.03. The number of benzene rings is 3. The van der Waals surface area contributed by atoms with E-state index in [0.717, 1.165) is 10.3 Å². The van der Waals surface area contributed by atoms with Crippen molar-refractivity contribution in [3.63, 3.8) is 0 Å². The number of nitrogens with two attached hydrogens (primary N) is 1. The van der Waals surface area contributed by atoms with Crippen molar-refractivity contribution >= 4 is 34.0 Å². The van der Waals surface area contributed by atoms with Crippen LogP contribution in [0, 0.1) is 0 Å². The lowest BCUT2D eigenvalue weighted by molar-refractivity contribution is 0.0893. The van der Waals surface area contributed by atoms with Crippen LogP contribution in [0.2, 0.25) is 0 Å². The van der Waals surface area contributed by atoms with Gasteiger partial charge in [0.2, 0.25) is 0 Å². The maximum Gasteiger partial charge on any atom is 0.266 e. The van der Waals surface area contributed by atoms with Crippen LogP contribution in [0.4, 0.5) is 11.4 Å². The van der Waals surface area contributed by atoms with Gasteiger partial charge in [-0.05, 0) is 29.7 Å². The van der Waals surface area contributed by atoms with Gasteiger partial charge in [0.25, 0.3) is 11.8 Å². The molecule has 5 nitrogen and oxygen atoms in total. The molecule has 0 aliphatic carbocycles. The Morgan fingerprint density at radius 1 is 0.917 bits per heavy atom. The summed E-state index contributed by atoms with van der Waals surface area (Å²) in [6.45, 7) is 0. The van der Waals surface area contributed by atoms with Gasteiger partial charge >= 0.3 is 0 Å². The van der Waals surface area contributed by atoms with Gasteiger partial charge in [-0.1, -0.05) is 24.3 Å². The molecule has 0 radical (unpaired) electrons. The fraction of sp³-hybridized carbons (Fsp3) is 0.0526. The quantitative estimate of drug-likeness (QED) is 0.581. The van der Waals surface area contributed by atoms with Gasteiger partial charge in [0, 0.05) is 22.6 Å². The highest BCUT2D eigenvalue weighted by Gasteiger charge is 2.34. The molecule has 0 unspecified atom stereocenters. The Balaban J connectivity index is 1.94. The second-order valence-electron chi connectivity index (χ2n) is 5.58. The molecule has 0 atom stereocenters. The average molecular weight is 318 g/mol. The van der Waals surface area contributed by atoms with E-state index in [-0.39, 0.29) is 11.8 Å². The molecule has 2 amide bonds. The van der Waals surface area contributed by atoms with Gasteiger partial charge in [-0.15, -0.1) is 0 Å². The minimum absolute atomic E-state index is 0.308. The number of nitrogens with zero attached hydrogens (tertiary/aromatic N) is 1. The summed E-state index contributed by atoms with van der Waals surface area (Å²) in [6, 6.07) is 15.7. The van der Waals surface area contributed by atoms with Crippen molar-refractivity contribution in [2.75, 3.05) is 17.7 Å². The number of carbonyl (C=O) groups is 2. The third-order valence-corrected chi connectivity index (χ3v) is 4.25. The van der Waals surface area contributed by atoms with E-state index in [9.17, 15) is 9.59 Å². The van der Waals surface area contributed by atoms with E-state index >= 15 is 0 Å². The van der Waals surface area contributed by atoms with Gasteiger partial charge in [0.1, 0.15) is 5.75 Å². The number of hydrogen-bond donors (Lipinski definition) is 1. The summed E-state index contributed by atoms with van der Waals surface area (Å²) >= 11 is 0. The van der Waals surface area contributed by atoms with Crippen molar-refractivity contribution in [1.82, 2.24) is 0 Å². The third-order valence-electron chi connectivity index (χ3n) is 4.25. The molecule has 118 valence electrons. The van der Waals surface area contributed by atoms with Crippen molar-refractivity contribution < 1.29 is 14.3 Å². The number of amides is 2. The number of nitrogen functional groups attached to an aromatic ring is 1. The highest BCUT2D eigenvalue weighted by Crippen LogP contribution is 2.36. The van der Waals surface area contributed by atoms with Crippen LogP contribution in [0.25, 0.3) is 10.8 Å². The number of carbonyl (C=O) groups excluding carboxylic acids is 2. The Hall–Kier alpha value is -3.34. The molecule has 0 spiro atoms. The summed E-state index contributed by atoms with van der Waals surface area (Å²) < 4.78 is 5.13. The third kappa shape index (κ3) is 1.88. The van der Waals surface area contributed by atoms with Crippen molar-refractivity contribution in [2.24, 2.45) is 0 Å². The van der Waals surface area contributed by atoms with Gasteiger partial charge in [-0.25, -0.2) is 4.90 Å². The largest absolute Gasteiger partial charge is 0.497 e. The minimum atomic E-state index is -0.374. The summed E-state index contributed by atoms with van der Waals surface area (Å²) in [7, 11) is 1.53. The molecular weight excluding hydrogens is 304 g/mol. The van der Waals surface area contributed by atoms with Crippen LogP contribution in [0.3, 0.4) is 0 Å². The lowest BCUT2D eigenvalue weighted by Crippen LogP contribution is -2.40. The molecular formula is C19H14N2O3. The molecule has 0 bridgehead atoms. The van der Waals surface area contributed by atoms with Crippen LogP contribution in [0.1, 0.15) is 20.7 Å². The van der Waals surface area contributed by atoms with Crippen molar-refractivity contribution in [2.45, 2.75) is 0 Å². The monoisotopic (exact) mass is 318 g/mol. The number of imide groups is 1. The Morgan fingerprint density at radius 2 is 1.54 bits per heavy atom. The molecule has 4 rings (SSSR count). The lowest BCUT2D eigenvalue weighted by Gasteiger charge is -2.28. The highest BCUT2D eigenvalue weighted by atomic mass is 16.5. The Labute approximate surface area is 138 Å². The van der Waals surface area contributed by atoms with Crippen LogP contribution in [0.5, 0.6) is 5.75 Å². The summed E-state index contributed by atoms with van der Waals surface area (Å²) in [5, 5.41) is 1.56. The van der Waals surface area contributed by atoms with Crippen molar-refractivity contribution in [3.8, 4) is 5.75 Å². The van der Waals surface area contributed by atoms with E-state index in [0.29, 0.717) is 33.6 Å². The van der Waals surface area contributed by atoms with Gasteiger partial charge in [0.05, 0.1) is 18.5 Å².